The molecule has 0 saturated carbocycles. The van der Waals surface area contributed by atoms with Crippen LogP contribution in [0.5, 0.6) is 0 Å². The molecule has 0 amide bonds. The van der Waals surface area contributed by atoms with Crippen LogP contribution in [0.15, 0.2) is 68.3 Å². The molecule has 0 nitrogen and oxygen atoms in total. The molecule has 0 heterocycles. The van der Waals surface area contributed by atoms with E-state index >= 15 is 0 Å². The largest absolute Gasteiger partial charge is 0.0984 e. The van der Waals surface area contributed by atoms with E-state index in [4.69, 9.17) is 0 Å². The lowest BCUT2D eigenvalue weighted by atomic mass is 9.80. The zero-order valence-corrected chi connectivity index (χ0v) is 19.0. The second-order valence-corrected chi connectivity index (χ2v) is 8.78. The van der Waals surface area contributed by atoms with E-state index in [1.54, 1.807) is 0 Å². The highest BCUT2D eigenvalue weighted by Gasteiger charge is 2.37. The van der Waals surface area contributed by atoms with Crippen molar-refractivity contribution in [3.8, 4) is 22.3 Å². The van der Waals surface area contributed by atoms with E-state index in [2.05, 4.69) is 95.1 Å². The monoisotopic (exact) mass is 402 g/mol. The number of benzene rings is 3. The van der Waals surface area contributed by atoms with Crippen molar-refractivity contribution in [2.75, 3.05) is 0 Å². The maximum atomic E-state index is 4.13. The van der Waals surface area contributed by atoms with Crippen LogP contribution in [0.2, 0.25) is 0 Å². The van der Waals surface area contributed by atoms with Gasteiger partial charge in [0.1, 0.15) is 0 Å². The SMILES string of the molecule is C=Cc1ccc(-c2ccc3c(c2)C(C)(C)c2cc(C)c(C=C)c(C=C)c2-3)cc1/C=C\C. The number of hydrogen-bond acceptors (Lipinski definition) is 0. The van der Waals surface area contributed by atoms with E-state index in [9.17, 15) is 0 Å². The smallest absolute Gasteiger partial charge is 0.0159 e. The van der Waals surface area contributed by atoms with E-state index in [1.165, 1.54) is 55.6 Å². The van der Waals surface area contributed by atoms with Crippen molar-refractivity contribution in [2.45, 2.75) is 33.1 Å². The Bertz CT molecular complexity index is 1260. The van der Waals surface area contributed by atoms with Gasteiger partial charge < -0.3 is 0 Å². The molecule has 0 spiro atoms. The van der Waals surface area contributed by atoms with Crippen LogP contribution < -0.4 is 0 Å². The van der Waals surface area contributed by atoms with Crippen LogP contribution in [-0.2, 0) is 5.41 Å². The average molecular weight is 403 g/mol. The average Bonchev–Trinajstić information content (AvgIpc) is 2.99. The van der Waals surface area contributed by atoms with E-state index < -0.39 is 0 Å². The maximum Gasteiger partial charge on any atom is 0.0159 e. The van der Waals surface area contributed by atoms with Crippen molar-refractivity contribution < 1.29 is 0 Å². The van der Waals surface area contributed by atoms with Crippen LogP contribution in [0.3, 0.4) is 0 Å². The lowest BCUT2D eigenvalue weighted by molar-refractivity contribution is 0.660. The van der Waals surface area contributed by atoms with Gasteiger partial charge in [-0.3, -0.25) is 0 Å². The topological polar surface area (TPSA) is 0 Å². The van der Waals surface area contributed by atoms with Crippen molar-refractivity contribution >= 4 is 24.3 Å². The van der Waals surface area contributed by atoms with Crippen molar-refractivity contribution in [2.24, 2.45) is 0 Å². The number of allylic oxidation sites excluding steroid dienone is 1. The second-order valence-electron chi connectivity index (χ2n) is 8.78. The van der Waals surface area contributed by atoms with Gasteiger partial charge in [-0.25, -0.2) is 0 Å². The Morgan fingerprint density at radius 3 is 2.06 bits per heavy atom. The molecule has 3 aromatic carbocycles. The van der Waals surface area contributed by atoms with Gasteiger partial charge >= 0.3 is 0 Å². The molecule has 154 valence electrons. The predicted octanol–water partition coefficient (Wildman–Crippen LogP) is 8.93. The summed E-state index contributed by atoms with van der Waals surface area (Å²) in [7, 11) is 0. The van der Waals surface area contributed by atoms with Gasteiger partial charge in [0.25, 0.3) is 0 Å². The fourth-order valence-corrected chi connectivity index (χ4v) is 4.99. The van der Waals surface area contributed by atoms with Crippen LogP contribution in [-0.4, -0.2) is 0 Å². The third-order valence-corrected chi connectivity index (χ3v) is 6.64. The summed E-state index contributed by atoms with van der Waals surface area (Å²) < 4.78 is 0. The fraction of sp³-hybridized carbons (Fsp3) is 0.161. The van der Waals surface area contributed by atoms with Crippen molar-refractivity contribution in [1.29, 1.82) is 0 Å². The standard InChI is InChI=1S/C31H30/c1-8-12-22-18-23(14-13-21(22)9-2)24-15-16-27-28(19-24)31(6,7)29-17-20(5)25(10-3)26(11-4)30(27)29/h8-19H,2-4H2,1,5-7H3/b12-8-. The van der Waals surface area contributed by atoms with Gasteiger partial charge in [-0.1, -0.05) is 94.3 Å². The van der Waals surface area contributed by atoms with Gasteiger partial charge in [-0.05, 0) is 87.2 Å². The van der Waals surface area contributed by atoms with Gasteiger partial charge in [0.05, 0.1) is 0 Å². The van der Waals surface area contributed by atoms with E-state index in [1.807, 2.05) is 25.2 Å². The molecule has 4 rings (SSSR count). The van der Waals surface area contributed by atoms with Crippen LogP contribution in [0.1, 0.15) is 59.7 Å². The summed E-state index contributed by atoms with van der Waals surface area (Å²) in [6, 6.07) is 15.8. The molecule has 0 radical (unpaired) electrons. The lowest BCUT2D eigenvalue weighted by Crippen LogP contribution is -2.15. The molecule has 3 aromatic rings. The molecule has 0 saturated heterocycles. The summed E-state index contributed by atoms with van der Waals surface area (Å²) in [4.78, 5) is 0. The Morgan fingerprint density at radius 1 is 0.742 bits per heavy atom. The van der Waals surface area contributed by atoms with Crippen LogP contribution in [0, 0.1) is 6.92 Å². The quantitative estimate of drug-likeness (QED) is 0.399. The Labute approximate surface area is 187 Å². The number of aryl methyl sites for hydroxylation is 1. The minimum Gasteiger partial charge on any atom is -0.0984 e. The van der Waals surface area contributed by atoms with Crippen LogP contribution >= 0.6 is 0 Å². The Morgan fingerprint density at radius 2 is 1.42 bits per heavy atom. The Hall–Kier alpha value is -3.38. The summed E-state index contributed by atoms with van der Waals surface area (Å²) in [5, 5.41) is 0. The minimum atomic E-state index is -0.0733. The molecule has 1 aliphatic carbocycles. The fourth-order valence-electron chi connectivity index (χ4n) is 4.99. The first-order valence-electron chi connectivity index (χ1n) is 10.8. The highest BCUT2D eigenvalue weighted by Crippen LogP contribution is 2.52. The maximum absolute atomic E-state index is 4.13. The highest BCUT2D eigenvalue weighted by molar-refractivity contribution is 5.92. The number of rotatable bonds is 5. The third-order valence-electron chi connectivity index (χ3n) is 6.64. The summed E-state index contributed by atoms with van der Waals surface area (Å²) in [5.74, 6) is 0. The normalized spacial score (nSPS) is 13.7. The first kappa shape index (κ1) is 20.9. The summed E-state index contributed by atoms with van der Waals surface area (Å²) in [6.45, 7) is 21.0. The van der Waals surface area contributed by atoms with E-state index in [-0.39, 0.29) is 5.41 Å². The van der Waals surface area contributed by atoms with Crippen molar-refractivity contribution in [3.63, 3.8) is 0 Å². The molecule has 31 heavy (non-hydrogen) atoms. The zero-order chi connectivity index (χ0) is 22.3. The van der Waals surface area contributed by atoms with Gasteiger partial charge in [-0.2, -0.15) is 0 Å². The highest BCUT2D eigenvalue weighted by atomic mass is 14.4. The van der Waals surface area contributed by atoms with E-state index in [0.717, 1.165) is 5.56 Å². The molecule has 0 fully saturated rings. The third kappa shape index (κ3) is 3.15. The van der Waals surface area contributed by atoms with Gasteiger partial charge in [0.15, 0.2) is 0 Å². The zero-order valence-electron chi connectivity index (χ0n) is 19.0. The van der Waals surface area contributed by atoms with Gasteiger partial charge in [-0.15, -0.1) is 0 Å². The van der Waals surface area contributed by atoms with Crippen LogP contribution in [0.25, 0.3) is 46.6 Å². The molecule has 0 unspecified atom stereocenters. The molecule has 0 aliphatic heterocycles. The molecule has 0 aromatic heterocycles. The number of hydrogen-bond donors (Lipinski definition) is 0. The van der Waals surface area contributed by atoms with Gasteiger partial charge in [0, 0.05) is 5.41 Å². The first-order valence-corrected chi connectivity index (χ1v) is 10.8. The summed E-state index contributed by atoms with van der Waals surface area (Å²) in [5.41, 5.74) is 13.7. The Balaban J connectivity index is 1.94. The Kier molecular flexibility index (Phi) is 5.19. The second kappa shape index (κ2) is 7.71. The van der Waals surface area contributed by atoms with Crippen LogP contribution in [0.4, 0.5) is 0 Å². The summed E-state index contributed by atoms with van der Waals surface area (Å²) in [6.07, 6.45) is 10.1. The molecule has 0 atom stereocenters. The molecular weight excluding hydrogens is 372 g/mol. The lowest BCUT2D eigenvalue weighted by Gasteiger charge is -2.23. The first-order chi connectivity index (χ1) is 14.9. The molecule has 0 heteroatoms. The number of fused-ring (bicyclic) bond motifs is 3. The molecule has 1 aliphatic rings. The molecule has 0 N–H and O–H groups in total. The van der Waals surface area contributed by atoms with Crippen molar-refractivity contribution in [1.82, 2.24) is 0 Å². The predicted molar refractivity (Wildman–Crippen MR) is 139 cm³/mol. The minimum absolute atomic E-state index is 0.0733. The van der Waals surface area contributed by atoms with Gasteiger partial charge in [0.2, 0.25) is 0 Å². The van der Waals surface area contributed by atoms with Crippen molar-refractivity contribution in [3.05, 3.63) is 107 Å². The summed E-state index contributed by atoms with van der Waals surface area (Å²) >= 11 is 0. The molecular formula is C31H30. The molecule has 0 bridgehead atoms. The van der Waals surface area contributed by atoms with E-state index in [0.29, 0.717) is 0 Å².